The van der Waals surface area contributed by atoms with Crippen LogP contribution >= 0.6 is 0 Å². The summed E-state index contributed by atoms with van der Waals surface area (Å²) < 4.78 is 4.91. The highest BCUT2D eigenvalue weighted by atomic mass is 16.5. The number of benzene rings is 1. The molecular weight excluding hydrogens is 394 g/mol. The minimum Gasteiger partial charge on any atom is -0.465 e. The number of nitrogens with one attached hydrogen (secondary N) is 2. The van der Waals surface area contributed by atoms with Crippen LogP contribution in [0, 0.1) is 17.2 Å². The molecular formula is C23H21N5O3. The number of esters is 1. The van der Waals surface area contributed by atoms with E-state index in [1.807, 2.05) is 24.3 Å². The van der Waals surface area contributed by atoms with Crippen LogP contribution in [0.15, 0.2) is 30.5 Å². The third-order valence-corrected chi connectivity index (χ3v) is 5.90. The normalized spacial score (nSPS) is 15.3. The molecule has 1 saturated carbocycles. The lowest BCUT2D eigenvalue weighted by molar-refractivity contribution is -0.117. The van der Waals surface area contributed by atoms with Gasteiger partial charge in [0.15, 0.2) is 5.82 Å². The first-order chi connectivity index (χ1) is 15.1. The number of nitrogens with zero attached hydrogens (tertiary/aromatic N) is 3. The molecule has 8 nitrogen and oxygen atoms in total. The molecule has 1 aromatic carbocycles. The topological polar surface area (TPSA) is 111 Å². The Morgan fingerprint density at radius 1 is 1.32 bits per heavy atom. The second-order valence-corrected chi connectivity index (χ2v) is 7.90. The molecule has 1 saturated heterocycles. The lowest BCUT2D eigenvalue weighted by Crippen LogP contribution is -2.37. The zero-order chi connectivity index (χ0) is 21.5. The van der Waals surface area contributed by atoms with Crippen LogP contribution in [0.5, 0.6) is 0 Å². The van der Waals surface area contributed by atoms with E-state index < -0.39 is 5.97 Å². The van der Waals surface area contributed by atoms with Gasteiger partial charge in [-0.1, -0.05) is 12.1 Å². The maximum Gasteiger partial charge on any atom is 0.340 e. The van der Waals surface area contributed by atoms with E-state index in [0.29, 0.717) is 33.5 Å². The Kier molecular flexibility index (Phi) is 4.59. The Morgan fingerprint density at radius 2 is 2.13 bits per heavy atom. The van der Waals surface area contributed by atoms with Crippen molar-refractivity contribution in [1.82, 2.24) is 9.97 Å². The predicted molar refractivity (Wildman–Crippen MR) is 116 cm³/mol. The van der Waals surface area contributed by atoms with Crippen molar-refractivity contribution in [2.24, 2.45) is 5.92 Å². The lowest BCUT2D eigenvalue weighted by atomic mass is 10.0. The number of hydrogen-bond acceptors (Lipinski definition) is 6. The molecule has 156 valence electrons. The summed E-state index contributed by atoms with van der Waals surface area (Å²) in [6.45, 7) is 1.86. The molecule has 2 aromatic heterocycles. The first-order valence-electron chi connectivity index (χ1n) is 10.3. The number of H-pyrrole nitrogens is 1. The van der Waals surface area contributed by atoms with E-state index in [2.05, 4.69) is 26.3 Å². The molecule has 0 spiro atoms. The standard InChI is InChI=1S/C23H21N5O3/c1-31-23(30)17-12-25-21(27-22(29)13-6-7-13)20-15(17)10-18(26-20)14-4-2-5-19(16(14)11-24)28-8-3-9-28/h2,4-5,10,12-13,26H,3,6-9H2,1H3,(H,25,27,29). The SMILES string of the molecule is COC(=O)c1cnc(NC(=O)C2CC2)c2[nH]c(-c3cccc(N4CCC4)c3C#N)cc12. The van der Waals surface area contributed by atoms with E-state index in [9.17, 15) is 14.9 Å². The maximum atomic E-state index is 12.3. The molecule has 5 rings (SSSR count). The number of amides is 1. The van der Waals surface area contributed by atoms with Crippen molar-refractivity contribution >= 4 is 34.3 Å². The number of carbonyl (C=O) groups is 2. The van der Waals surface area contributed by atoms with Crippen molar-refractivity contribution in [3.05, 3.63) is 41.6 Å². The number of aromatic nitrogens is 2. The smallest absolute Gasteiger partial charge is 0.340 e. The molecule has 0 radical (unpaired) electrons. The molecule has 0 atom stereocenters. The van der Waals surface area contributed by atoms with Crippen LogP contribution in [0.1, 0.15) is 35.2 Å². The van der Waals surface area contributed by atoms with E-state index in [1.165, 1.54) is 13.3 Å². The summed E-state index contributed by atoms with van der Waals surface area (Å²) in [5, 5.41) is 13.3. The molecule has 0 unspecified atom stereocenters. The van der Waals surface area contributed by atoms with Gasteiger partial charge in [0, 0.05) is 41.8 Å². The summed E-state index contributed by atoms with van der Waals surface area (Å²) in [6, 6.07) is 9.90. The van der Waals surface area contributed by atoms with Crippen molar-refractivity contribution in [2.45, 2.75) is 19.3 Å². The fourth-order valence-electron chi connectivity index (χ4n) is 3.90. The maximum absolute atomic E-state index is 12.3. The first kappa shape index (κ1) is 19.1. The number of methoxy groups -OCH3 is 1. The number of rotatable bonds is 5. The average Bonchev–Trinajstić information content (AvgIpc) is 3.50. The zero-order valence-corrected chi connectivity index (χ0v) is 17.1. The Hall–Kier alpha value is -3.86. The molecule has 1 aliphatic carbocycles. The second kappa shape index (κ2) is 7.43. The molecule has 2 aliphatic rings. The van der Waals surface area contributed by atoms with Gasteiger partial charge in [-0.25, -0.2) is 9.78 Å². The van der Waals surface area contributed by atoms with E-state index >= 15 is 0 Å². The Balaban J connectivity index is 1.66. The number of aromatic amines is 1. The van der Waals surface area contributed by atoms with Gasteiger partial charge in [0.2, 0.25) is 5.91 Å². The van der Waals surface area contributed by atoms with Crippen molar-refractivity contribution in [3.63, 3.8) is 0 Å². The van der Waals surface area contributed by atoms with E-state index in [1.54, 1.807) is 0 Å². The van der Waals surface area contributed by atoms with Crippen molar-refractivity contribution in [2.75, 3.05) is 30.4 Å². The van der Waals surface area contributed by atoms with Gasteiger partial charge in [0.05, 0.1) is 29.4 Å². The van der Waals surface area contributed by atoms with E-state index in [0.717, 1.165) is 43.6 Å². The highest BCUT2D eigenvalue weighted by Crippen LogP contribution is 2.37. The highest BCUT2D eigenvalue weighted by molar-refractivity contribution is 6.10. The number of carbonyl (C=O) groups excluding carboxylic acids is 2. The van der Waals surface area contributed by atoms with Gasteiger partial charge < -0.3 is 19.9 Å². The molecule has 3 heterocycles. The summed E-state index contributed by atoms with van der Waals surface area (Å²) >= 11 is 0. The fraction of sp³-hybridized carbons (Fsp3) is 0.304. The minimum atomic E-state index is -0.516. The molecule has 31 heavy (non-hydrogen) atoms. The van der Waals surface area contributed by atoms with Crippen LogP contribution in [0.2, 0.25) is 0 Å². The molecule has 8 heteroatoms. The van der Waals surface area contributed by atoms with E-state index in [4.69, 9.17) is 4.74 Å². The Labute approximate surface area is 178 Å². The number of ether oxygens (including phenoxy) is 1. The summed E-state index contributed by atoms with van der Waals surface area (Å²) in [5.74, 6) is -0.209. The van der Waals surface area contributed by atoms with Crippen LogP contribution in [0.3, 0.4) is 0 Å². The predicted octanol–water partition coefficient (Wildman–Crippen LogP) is 3.45. The molecule has 0 bridgehead atoms. The Morgan fingerprint density at radius 3 is 2.77 bits per heavy atom. The summed E-state index contributed by atoms with van der Waals surface area (Å²) in [4.78, 5) is 34.4. The van der Waals surface area contributed by atoms with Gasteiger partial charge in [-0.15, -0.1) is 0 Å². The molecule has 2 N–H and O–H groups in total. The summed E-state index contributed by atoms with van der Waals surface area (Å²) in [6.07, 6.45) is 4.27. The summed E-state index contributed by atoms with van der Waals surface area (Å²) in [5.41, 5.74) is 3.71. The molecule has 3 aromatic rings. The lowest BCUT2D eigenvalue weighted by Gasteiger charge is -2.34. The van der Waals surface area contributed by atoms with Crippen molar-refractivity contribution in [3.8, 4) is 17.3 Å². The average molecular weight is 415 g/mol. The molecule has 1 aliphatic heterocycles. The van der Waals surface area contributed by atoms with Crippen LogP contribution < -0.4 is 10.2 Å². The van der Waals surface area contributed by atoms with Crippen LogP contribution in [0.25, 0.3) is 22.2 Å². The van der Waals surface area contributed by atoms with Gasteiger partial charge in [-0.05, 0) is 31.4 Å². The second-order valence-electron chi connectivity index (χ2n) is 7.90. The number of nitriles is 1. The molecule has 2 fully saturated rings. The van der Waals surface area contributed by atoms with Gasteiger partial charge in [-0.3, -0.25) is 4.79 Å². The van der Waals surface area contributed by atoms with Crippen molar-refractivity contribution in [1.29, 1.82) is 5.26 Å². The quantitative estimate of drug-likeness (QED) is 0.618. The van der Waals surface area contributed by atoms with Gasteiger partial charge >= 0.3 is 5.97 Å². The largest absolute Gasteiger partial charge is 0.465 e. The number of pyridine rings is 1. The van der Waals surface area contributed by atoms with Crippen LogP contribution in [-0.4, -0.2) is 42.0 Å². The third kappa shape index (κ3) is 3.28. The highest BCUT2D eigenvalue weighted by Gasteiger charge is 2.31. The van der Waals surface area contributed by atoms with Gasteiger partial charge in [-0.2, -0.15) is 5.26 Å². The van der Waals surface area contributed by atoms with Gasteiger partial charge in [0.25, 0.3) is 0 Å². The van der Waals surface area contributed by atoms with Crippen molar-refractivity contribution < 1.29 is 14.3 Å². The summed E-state index contributed by atoms with van der Waals surface area (Å²) in [7, 11) is 1.31. The van der Waals surface area contributed by atoms with Crippen LogP contribution in [0.4, 0.5) is 11.5 Å². The third-order valence-electron chi connectivity index (χ3n) is 5.90. The Bertz CT molecular complexity index is 1250. The fourth-order valence-corrected chi connectivity index (χ4v) is 3.90. The van der Waals surface area contributed by atoms with Crippen LogP contribution in [-0.2, 0) is 9.53 Å². The van der Waals surface area contributed by atoms with E-state index in [-0.39, 0.29) is 11.8 Å². The molecule has 1 amide bonds. The number of anilines is 2. The first-order valence-corrected chi connectivity index (χ1v) is 10.3. The number of fused-ring (bicyclic) bond motifs is 1. The number of hydrogen-bond donors (Lipinski definition) is 2. The zero-order valence-electron chi connectivity index (χ0n) is 17.1. The minimum absolute atomic E-state index is 0.0185. The van der Waals surface area contributed by atoms with Gasteiger partial charge in [0.1, 0.15) is 6.07 Å². The monoisotopic (exact) mass is 415 g/mol.